The Bertz CT molecular complexity index is 947. The monoisotopic (exact) mass is 464 g/mol. The van der Waals surface area contributed by atoms with Gasteiger partial charge in [-0.1, -0.05) is 35.5 Å². The quantitative estimate of drug-likeness (QED) is 0.553. The number of amides is 1. The standard InChI is InChI=1S/C18H14FIN4O2/c19-15-8-13(6-7-16(15)20)24-10-14(26-18(24)25)9-23-11-17(21-22-23)12-4-2-1-3-5-12/h1-8,11,14H,9-10H2. The highest BCUT2D eigenvalue weighted by molar-refractivity contribution is 14.1. The molecule has 1 saturated heterocycles. The average Bonchev–Trinajstić information content (AvgIpc) is 3.25. The minimum absolute atomic E-state index is 0.333. The summed E-state index contributed by atoms with van der Waals surface area (Å²) in [6.07, 6.45) is 0.949. The zero-order valence-electron chi connectivity index (χ0n) is 13.5. The number of hydrogen-bond acceptors (Lipinski definition) is 4. The van der Waals surface area contributed by atoms with Gasteiger partial charge >= 0.3 is 6.09 Å². The van der Waals surface area contributed by atoms with E-state index < -0.39 is 6.09 Å². The summed E-state index contributed by atoms with van der Waals surface area (Å²) < 4.78 is 21.3. The van der Waals surface area contributed by atoms with E-state index in [1.165, 1.54) is 11.0 Å². The van der Waals surface area contributed by atoms with Gasteiger partial charge in [-0.2, -0.15) is 0 Å². The molecule has 1 aliphatic heterocycles. The molecular weight excluding hydrogens is 450 g/mol. The van der Waals surface area contributed by atoms with Crippen LogP contribution < -0.4 is 4.90 Å². The number of halogens is 2. The molecular formula is C18H14FIN4O2. The van der Waals surface area contributed by atoms with Gasteiger partial charge in [0.15, 0.2) is 0 Å². The second-order valence-electron chi connectivity index (χ2n) is 5.91. The van der Waals surface area contributed by atoms with E-state index in [0.29, 0.717) is 22.3 Å². The molecule has 0 N–H and O–H groups in total. The van der Waals surface area contributed by atoms with Crippen LogP contribution in [0.3, 0.4) is 0 Å². The number of rotatable bonds is 4. The second kappa shape index (κ2) is 7.02. The summed E-state index contributed by atoms with van der Waals surface area (Å²) in [6, 6.07) is 14.4. The van der Waals surface area contributed by atoms with Gasteiger partial charge in [0, 0.05) is 9.13 Å². The van der Waals surface area contributed by atoms with Gasteiger partial charge < -0.3 is 4.74 Å². The van der Waals surface area contributed by atoms with E-state index in [2.05, 4.69) is 10.3 Å². The summed E-state index contributed by atoms with van der Waals surface area (Å²) in [5.74, 6) is -0.358. The van der Waals surface area contributed by atoms with Crippen LogP contribution in [0.1, 0.15) is 0 Å². The van der Waals surface area contributed by atoms with Gasteiger partial charge in [-0.05, 0) is 40.8 Å². The van der Waals surface area contributed by atoms with Crippen LogP contribution in [-0.2, 0) is 11.3 Å². The Labute approximate surface area is 162 Å². The number of hydrogen-bond donors (Lipinski definition) is 0. The maximum Gasteiger partial charge on any atom is 0.414 e. The Morgan fingerprint density at radius 2 is 2.04 bits per heavy atom. The molecule has 0 saturated carbocycles. The lowest BCUT2D eigenvalue weighted by Crippen LogP contribution is -2.26. The molecule has 1 aromatic heterocycles. The Balaban J connectivity index is 1.46. The van der Waals surface area contributed by atoms with Crippen molar-refractivity contribution < 1.29 is 13.9 Å². The summed E-state index contributed by atoms with van der Waals surface area (Å²) in [4.78, 5) is 13.6. The van der Waals surface area contributed by atoms with E-state index >= 15 is 0 Å². The molecule has 1 unspecified atom stereocenters. The lowest BCUT2D eigenvalue weighted by Gasteiger charge is -2.13. The normalized spacial score (nSPS) is 16.8. The van der Waals surface area contributed by atoms with E-state index in [4.69, 9.17) is 4.74 Å². The SMILES string of the molecule is O=C1OC(Cn2cc(-c3ccccc3)nn2)CN1c1ccc(I)c(F)c1. The van der Waals surface area contributed by atoms with Crippen LogP contribution in [0.4, 0.5) is 14.9 Å². The first-order valence-electron chi connectivity index (χ1n) is 7.99. The second-order valence-corrected chi connectivity index (χ2v) is 7.07. The summed E-state index contributed by atoms with van der Waals surface area (Å²) in [6.45, 7) is 0.717. The van der Waals surface area contributed by atoms with Gasteiger partial charge in [0.05, 0.1) is 25.0 Å². The van der Waals surface area contributed by atoms with Crippen molar-refractivity contribution in [1.29, 1.82) is 0 Å². The average molecular weight is 464 g/mol. The van der Waals surface area contributed by atoms with E-state index in [1.54, 1.807) is 16.8 Å². The number of benzene rings is 2. The Hall–Kier alpha value is -2.49. The maximum atomic E-state index is 13.8. The van der Waals surface area contributed by atoms with Gasteiger partial charge in [0.25, 0.3) is 0 Å². The number of carbonyl (C=O) groups excluding carboxylic acids is 1. The fourth-order valence-corrected chi connectivity index (χ4v) is 3.15. The van der Waals surface area contributed by atoms with Crippen LogP contribution in [0.5, 0.6) is 0 Å². The van der Waals surface area contributed by atoms with Crippen molar-refractivity contribution in [1.82, 2.24) is 15.0 Å². The first-order valence-corrected chi connectivity index (χ1v) is 9.07. The van der Waals surface area contributed by atoms with E-state index in [-0.39, 0.29) is 11.9 Å². The van der Waals surface area contributed by atoms with Gasteiger partial charge in [0.2, 0.25) is 0 Å². The Morgan fingerprint density at radius 3 is 2.81 bits per heavy atom. The van der Waals surface area contributed by atoms with E-state index in [1.807, 2.05) is 59.1 Å². The molecule has 2 aromatic carbocycles. The molecule has 132 valence electrons. The fourth-order valence-electron chi connectivity index (χ4n) is 2.82. The summed E-state index contributed by atoms with van der Waals surface area (Å²) in [7, 11) is 0. The van der Waals surface area contributed by atoms with Crippen molar-refractivity contribution in [2.24, 2.45) is 0 Å². The minimum atomic E-state index is -0.487. The van der Waals surface area contributed by atoms with Crippen LogP contribution in [0.15, 0.2) is 54.7 Å². The first kappa shape index (κ1) is 17.0. The molecule has 1 fully saturated rings. The van der Waals surface area contributed by atoms with Crippen LogP contribution in [0, 0.1) is 9.39 Å². The molecule has 1 aliphatic rings. The largest absolute Gasteiger partial charge is 0.442 e. The molecule has 26 heavy (non-hydrogen) atoms. The van der Waals surface area contributed by atoms with Crippen molar-refractivity contribution in [2.75, 3.05) is 11.4 Å². The van der Waals surface area contributed by atoms with Gasteiger partial charge in [-0.25, -0.2) is 13.9 Å². The van der Waals surface area contributed by atoms with Crippen molar-refractivity contribution >= 4 is 34.4 Å². The third kappa shape index (κ3) is 3.41. The highest BCUT2D eigenvalue weighted by atomic mass is 127. The zero-order valence-corrected chi connectivity index (χ0v) is 15.7. The predicted octanol–water partition coefficient (Wildman–Crippen LogP) is 3.71. The lowest BCUT2D eigenvalue weighted by atomic mass is 10.2. The molecule has 0 radical (unpaired) electrons. The Kier molecular flexibility index (Phi) is 4.58. The molecule has 2 heterocycles. The van der Waals surface area contributed by atoms with Crippen LogP contribution in [-0.4, -0.2) is 33.7 Å². The molecule has 0 bridgehead atoms. The number of cyclic esters (lactones) is 1. The van der Waals surface area contributed by atoms with Crippen LogP contribution >= 0.6 is 22.6 Å². The number of aromatic nitrogens is 3. The minimum Gasteiger partial charge on any atom is -0.442 e. The molecule has 6 nitrogen and oxygen atoms in total. The zero-order chi connectivity index (χ0) is 18.1. The van der Waals surface area contributed by atoms with E-state index in [9.17, 15) is 9.18 Å². The number of ether oxygens (including phenoxy) is 1. The molecule has 8 heteroatoms. The molecule has 4 rings (SSSR count). The Morgan fingerprint density at radius 1 is 1.23 bits per heavy atom. The molecule has 0 aliphatic carbocycles. The summed E-state index contributed by atoms with van der Waals surface area (Å²) in [5, 5.41) is 8.25. The molecule has 1 atom stereocenters. The van der Waals surface area contributed by atoms with Crippen LogP contribution in [0.25, 0.3) is 11.3 Å². The van der Waals surface area contributed by atoms with Gasteiger partial charge in [0.1, 0.15) is 17.6 Å². The van der Waals surface area contributed by atoms with Crippen molar-refractivity contribution in [2.45, 2.75) is 12.6 Å². The topological polar surface area (TPSA) is 60.3 Å². The number of anilines is 1. The number of nitrogens with zero attached hydrogens (tertiary/aromatic N) is 4. The summed E-state index contributed by atoms with van der Waals surface area (Å²) in [5.41, 5.74) is 2.21. The fraction of sp³-hybridized carbons (Fsp3) is 0.167. The van der Waals surface area contributed by atoms with Crippen molar-refractivity contribution in [3.8, 4) is 11.3 Å². The molecule has 1 amide bonds. The first-order chi connectivity index (χ1) is 12.6. The summed E-state index contributed by atoms with van der Waals surface area (Å²) >= 11 is 1.91. The van der Waals surface area contributed by atoms with E-state index in [0.717, 1.165) is 11.3 Å². The number of carbonyl (C=O) groups is 1. The third-order valence-electron chi connectivity index (χ3n) is 4.09. The smallest absolute Gasteiger partial charge is 0.414 e. The van der Waals surface area contributed by atoms with Crippen LogP contribution in [0.2, 0.25) is 0 Å². The van der Waals surface area contributed by atoms with Crippen molar-refractivity contribution in [3.05, 3.63) is 64.1 Å². The van der Waals surface area contributed by atoms with Gasteiger partial charge in [-0.15, -0.1) is 5.10 Å². The third-order valence-corrected chi connectivity index (χ3v) is 4.96. The maximum absolute atomic E-state index is 13.8. The highest BCUT2D eigenvalue weighted by Gasteiger charge is 2.33. The van der Waals surface area contributed by atoms with Crippen molar-refractivity contribution in [3.63, 3.8) is 0 Å². The molecule has 0 spiro atoms. The van der Waals surface area contributed by atoms with Gasteiger partial charge in [-0.3, -0.25) is 4.90 Å². The predicted molar refractivity (Wildman–Crippen MR) is 102 cm³/mol. The lowest BCUT2D eigenvalue weighted by molar-refractivity contribution is 0.129. The molecule has 3 aromatic rings. The highest BCUT2D eigenvalue weighted by Crippen LogP contribution is 2.25.